The Balaban J connectivity index is 1.78. The van der Waals surface area contributed by atoms with E-state index in [1.165, 1.54) is 4.31 Å². The Kier molecular flexibility index (Phi) is 8.83. The molecule has 1 fully saturated rings. The van der Waals surface area contributed by atoms with Gasteiger partial charge in [0.15, 0.2) is 0 Å². The van der Waals surface area contributed by atoms with Gasteiger partial charge in [-0.15, -0.1) is 0 Å². The monoisotopic (exact) mass is 426 g/mol. The Morgan fingerprint density at radius 2 is 1.96 bits per heavy atom. The van der Waals surface area contributed by atoms with E-state index in [1.54, 1.807) is 0 Å². The summed E-state index contributed by atoms with van der Waals surface area (Å²) < 4.78 is 27.1. The Morgan fingerprint density at radius 3 is 2.64 bits per heavy atom. The number of rotatable bonds is 9. The fourth-order valence-corrected chi connectivity index (χ4v) is 5.72. The molecule has 1 saturated heterocycles. The van der Waals surface area contributed by atoms with Gasteiger partial charge in [-0.2, -0.15) is 11.8 Å². The molecule has 1 aliphatic rings. The molecule has 0 saturated carbocycles. The molecule has 0 radical (unpaired) electrons. The van der Waals surface area contributed by atoms with Crippen LogP contribution < -0.4 is 5.32 Å². The van der Waals surface area contributed by atoms with E-state index in [4.69, 9.17) is 0 Å². The quantitative estimate of drug-likeness (QED) is 0.615. The lowest BCUT2D eigenvalue weighted by Gasteiger charge is -2.31. The van der Waals surface area contributed by atoms with E-state index in [9.17, 15) is 13.2 Å². The molecule has 158 valence electrons. The van der Waals surface area contributed by atoms with Crippen LogP contribution in [0.15, 0.2) is 30.3 Å². The van der Waals surface area contributed by atoms with Crippen molar-refractivity contribution in [3.63, 3.8) is 0 Å². The van der Waals surface area contributed by atoms with E-state index >= 15 is 0 Å². The molecule has 1 amide bonds. The molecular formula is C21H34N2O3S2. The molecule has 0 aliphatic carbocycles. The summed E-state index contributed by atoms with van der Waals surface area (Å²) in [5, 5.41) is 2.98. The molecule has 7 heteroatoms. The zero-order valence-corrected chi connectivity index (χ0v) is 18.9. The lowest BCUT2D eigenvalue weighted by molar-refractivity contribution is -0.125. The third-order valence-electron chi connectivity index (χ3n) is 4.80. The van der Waals surface area contributed by atoms with Crippen LogP contribution in [0.5, 0.6) is 0 Å². The van der Waals surface area contributed by atoms with Crippen molar-refractivity contribution in [1.82, 2.24) is 9.62 Å². The SMILES string of the molecule is CC(C)(C)SCCNC(=O)C1CCCN(S(=O)(=O)CCCc2ccccc2)C1. The van der Waals surface area contributed by atoms with Crippen LogP contribution in [-0.2, 0) is 21.2 Å². The summed E-state index contributed by atoms with van der Waals surface area (Å²) in [6, 6.07) is 9.94. The molecule has 0 spiro atoms. The van der Waals surface area contributed by atoms with Crippen molar-refractivity contribution in [2.24, 2.45) is 5.92 Å². The number of amides is 1. The first kappa shape index (κ1) is 23.2. The topological polar surface area (TPSA) is 66.5 Å². The zero-order valence-electron chi connectivity index (χ0n) is 17.3. The second-order valence-electron chi connectivity index (χ2n) is 8.35. The predicted molar refractivity (Wildman–Crippen MR) is 118 cm³/mol. The number of nitrogens with zero attached hydrogens (tertiary/aromatic N) is 1. The number of sulfonamides is 1. The molecule has 0 bridgehead atoms. The Morgan fingerprint density at radius 1 is 1.25 bits per heavy atom. The number of benzene rings is 1. The normalized spacial score (nSPS) is 18.8. The third-order valence-corrected chi connectivity index (χ3v) is 7.99. The van der Waals surface area contributed by atoms with Gasteiger partial charge in [0, 0.05) is 30.1 Å². The summed E-state index contributed by atoms with van der Waals surface area (Å²) in [7, 11) is -3.32. The molecule has 2 rings (SSSR count). The number of thioether (sulfide) groups is 1. The molecule has 1 N–H and O–H groups in total. The average molecular weight is 427 g/mol. The maximum atomic E-state index is 12.7. The Bertz CT molecular complexity index is 715. The van der Waals surface area contributed by atoms with Crippen molar-refractivity contribution < 1.29 is 13.2 Å². The summed E-state index contributed by atoms with van der Waals surface area (Å²) in [5.74, 6) is 0.748. The van der Waals surface area contributed by atoms with Gasteiger partial charge < -0.3 is 5.32 Å². The molecule has 1 heterocycles. The molecule has 1 aromatic rings. The summed E-state index contributed by atoms with van der Waals surface area (Å²) in [6.45, 7) is 7.92. The Hall–Kier alpha value is -1.05. The Labute approximate surface area is 174 Å². The van der Waals surface area contributed by atoms with Crippen LogP contribution in [0.25, 0.3) is 0 Å². The van der Waals surface area contributed by atoms with E-state index in [0.717, 1.165) is 30.6 Å². The number of hydrogen-bond acceptors (Lipinski definition) is 4. The fourth-order valence-electron chi connectivity index (χ4n) is 3.32. The fraction of sp³-hybridized carbons (Fsp3) is 0.667. The van der Waals surface area contributed by atoms with Gasteiger partial charge in [-0.1, -0.05) is 51.1 Å². The first-order chi connectivity index (χ1) is 13.2. The molecule has 28 heavy (non-hydrogen) atoms. The lowest BCUT2D eigenvalue weighted by atomic mass is 9.99. The van der Waals surface area contributed by atoms with Crippen molar-refractivity contribution in [1.29, 1.82) is 0 Å². The minimum Gasteiger partial charge on any atom is -0.355 e. The van der Waals surface area contributed by atoms with Crippen LogP contribution in [0.3, 0.4) is 0 Å². The lowest BCUT2D eigenvalue weighted by Crippen LogP contribution is -2.46. The second-order valence-corrected chi connectivity index (χ2v) is 12.4. The first-order valence-corrected chi connectivity index (χ1v) is 12.7. The first-order valence-electron chi connectivity index (χ1n) is 10.1. The number of piperidine rings is 1. The van der Waals surface area contributed by atoms with E-state index < -0.39 is 10.0 Å². The molecule has 5 nitrogen and oxygen atoms in total. The summed E-state index contributed by atoms with van der Waals surface area (Å²) in [5.41, 5.74) is 1.15. The molecule has 1 aliphatic heterocycles. The highest BCUT2D eigenvalue weighted by Gasteiger charge is 2.31. The van der Waals surface area contributed by atoms with Gasteiger partial charge in [-0.25, -0.2) is 12.7 Å². The van der Waals surface area contributed by atoms with Crippen molar-refractivity contribution >= 4 is 27.7 Å². The van der Waals surface area contributed by atoms with Crippen LogP contribution in [0.1, 0.15) is 45.6 Å². The minimum absolute atomic E-state index is 0.0151. The number of hydrogen-bond donors (Lipinski definition) is 1. The zero-order chi connectivity index (χ0) is 20.6. The maximum absolute atomic E-state index is 12.7. The summed E-state index contributed by atoms with van der Waals surface area (Å²) in [6.07, 6.45) is 2.86. The van der Waals surface area contributed by atoms with Crippen molar-refractivity contribution in [3.8, 4) is 0 Å². The number of carbonyl (C=O) groups is 1. The van der Waals surface area contributed by atoms with Crippen molar-refractivity contribution in [2.45, 2.75) is 51.2 Å². The van der Waals surface area contributed by atoms with Gasteiger partial charge in [0.2, 0.25) is 15.9 Å². The second kappa shape index (κ2) is 10.6. The van der Waals surface area contributed by atoms with Crippen LogP contribution in [0.4, 0.5) is 0 Å². The summed E-state index contributed by atoms with van der Waals surface area (Å²) in [4.78, 5) is 12.5. The van der Waals surface area contributed by atoms with Gasteiger partial charge >= 0.3 is 0 Å². The molecule has 1 aromatic carbocycles. The van der Waals surface area contributed by atoms with E-state index in [0.29, 0.717) is 26.1 Å². The van der Waals surface area contributed by atoms with Crippen LogP contribution in [-0.4, -0.2) is 54.5 Å². The van der Waals surface area contributed by atoms with E-state index in [2.05, 4.69) is 26.1 Å². The highest BCUT2D eigenvalue weighted by Crippen LogP contribution is 2.23. The van der Waals surface area contributed by atoms with Gasteiger partial charge in [0.25, 0.3) is 0 Å². The van der Waals surface area contributed by atoms with E-state index in [-0.39, 0.29) is 22.3 Å². The van der Waals surface area contributed by atoms with Crippen LogP contribution in [0.2, 0.25) is 0 Å². The number of nitrogens with one attached hydrogen (secondary N) is 1. The average Bonchev–Trinajstić information content (AvgIpc) is 2.65. The summed E-state index contributed by atoms with van der Waals surface area (Å²) >= 11 is 1.81. The largest absolute Gasteiger partial charge is 0.355 e. The molecule has 1 unspecified atom stereocenters. The number of aryl methyl sites for hydroxylation is 1. The highest BCUT2D eigenvalue weighted by molar-refractivity contribution is 8.00. The molecule has 0 aromatic heterocycles. The molecule has 1 atom stereocenters. The smallest absolute Gasteiger partial charge is 0.224 e. The van der Waals surface area contributed by atoms with Gasteiger partial charge in [-0.05, 0) is 31.2 Å². The van der Waals surface area contributed by atoms with Crippen LogP contribution >= 0.6 is 11.8 Å². The van der Waals surface area contributed by atoms with Gasteiger partial charge in [0.1, 0.15) is 0 Å². The minimum atomic E-state index is -3.32. The predicted octanol–water partition coefficient (Wildman–Crippen LogP) is 3.31. The third kappa shape index (κ3) is 8.13. The number of carbonyl (C=O) groups excluding carboxylic acids is 1. The van der Waals surface area contributed by atoms with E-state index in [1.807, 2.05) is 42.1 Å². The van der Waals surface area contributed by atoms with Gasteiger partial charge in [0.05, 0.1) is 11.7 Å². The van der Waals surface area contributed by atoms with Gasteiger partial charge in [-0.3, -0.25) is 4.79 Å². The van der Waals surface area contributed by atoms with Crippen LogP contribution in [0, 0.1) is 5.92 Å². The highest BCUT2D eigenvalue weighted by atomic mass is 32.2. The molecular weight excluding hydrogens is 392 g/mol. The maximum Gasteiger partial charge on any atom is 0.224 e. The van der Waals surface area contributed by atoms with Crippen molar-refractivity contribution in [3.05, 3.63) is 35.9 Å². The van der Waals surface area contributed by atoms with Crippen molar-refractivity contribution in [2.75, 3.05) is 31.1 Å². The standard InChI is InChI=1S/C21H34N2O3S2/c1-21(2,3)27-15-13-22-20(24)19-12-7-14-23(17-19)28(25,26)16-8-11-18-9-5-4-6-10-18/h4-6,9-10,19H,7-8,11-17H2,1-3H3,(H,22,24).